The van der Waals surface area contributed by atoms with Crippen molar-refractivity contribution >= 4 is 6.08 Å². The molecule has 0 aromatic heterocycles. The maximum Gasteiger partial charge on any atom is 0.0863 e. The first-order chi connectivity index (χ1) is 8.24. The Kier molecular flexibility index (Phi) is 2.57. The molecule has 0 amide bonds. The lowest BCUT2D eigenvalue weighted by Crippen LogP contribution is -2.39. The molecular formula is C15H19NO. The van der Waals surface area contributed by atoms with Gasteiger partial charge >= 0.3 is 0 Å². The van der Waals surface area contributed by atoms with Crippen LogP contribution in [0.3, 0.4) is 0 Å². The van der Waals surface area contributed by atoms with E-state index >= 15 is 0 Å². The first kappa shape index (κ1) is 11.0. The van der Waals surface area contributed by atoms with Gasteiger partial charge in [0.25, 0.3) is 0 Å². The summed E-state index contributed by atoms with van der Waals surface area (Å²) in [4.78, 5) is 0. The van der Waals surface area contributed by atoms with Crippen LogP contribution in [-0.2, 0) is 11.3 Å². The Balaban J connectivity index is 2.10. The Morgan fingerprint density at radius 3 is 3.18 bits per heavy atom. The fourth-order valence-electron chi connectivity index (χ4n) is 3.08. The summed E-state index contributed by atoms with van der Waals surface area (Å²) in [5.74, 6) is 0.497. The summed E-state index contributed by atoms with van der Waals surface area (Å²) in [7, 11) is 0. The molecule has 0 radical (unpaired) electrons. The minimum absolute atomic E-state index is 0.0123. The van der Waals surface area contributed by atoms with Crippen molar-refractivity contribution in [2.24, 2.45) is 0 Å². The van der Waals surface area contributed by atoms with Crippen molar-refractivity contribution in [2.75, 3.05) is 13.1 Å². The Morgan fingerprint density at radius 2 is 2.35 bits per heavy atom. The number of rotatable bonds is 1. The fraction of sp³-hybridized carbons (Fsp3) is 0.467. The predicted octanol–water partition coefficient (Wildman–Crippen LogP) is 2.70. The van der Waals surface area contributed by atoms with Crippen LogP contribution in [0.2, 0.25) is 0 Å². The fourth-order valence-corrected chi connectivity index (χ4v) is 3.08. The van der Waals surface area contributed by atoms with Crippen molar-refractivity contribution in [3.63, 3.8) is 0 Å². The van der Waals surface area contributed by atoms with E-state index < -0.39 is 0 Å². The van der Waals surface area contributed by atoms with Crippen LogP contribution in [0.5, 0.6) is 0 Å². The van der Waals surface area contributed by atoms with Gasteiger partial charge in [0.15, 0.2) is 0 Å². The van der Waals surface area contributed by atoms with Gasteiger partial charge in [-0.05, 0) is 30.5 Å². The lowest BCUT2D eigenvalue weighted by Gasteiger charge is -2.37. The highest BCUT2D eigenvalue weighted by Gasteiger charge is 2.44. The smallest absolute Gasteiger partial charge is 0.0863 e. The van der Waals surface area contributed by atoms with E-state index in [0.717, 1.165) is 19.7 Å². The highest BCUT2D eigenvalue weighted by atomic mass is 16.5. The summed E-state index contributed by atoms with van der Waals surface area (Å²) in [6.45, 7) is 7.02. The van der Waals surface area contributed by atoms with Crippen molar-refractivity contribution in [2.45, 2.75) is 32.0 Å². The van der Waals surface area contributed by atoms with Crippen molar-refractivity contribution < 1.29 is 4.74 Å². The topological polar surface area (TPSA) is 21.3 Å². The van der Waals surface area contributed by atoms with Gasteiger partial charge < -0.3 is 10.1 Å². The van der Waals surface area contributed by atoms with Crippen LogP contribution in [0.25, 0.3) is 6.08 Å². The average molecular weight is 229 g/mol. The zero-order valence-corrected chi connectivity index (χ0v) is 10.5. The van der Waals surface area contributed by atoms with Gasteiger partial charge in [-0.25, -0.2) is 0 Å². The van der Waals surface area contributed by atoms with Gasteiger partial charge in [0, 0.05) is 19.0 Å². The van der Waals surface area contributed by atoms with E-state index in [4.69, 9.17) is 4.74 Å². The molecule has 1 aromatic rings. The zero-order chi connectivity index (χ0) is 11.9. The maximum atomic E-state index is 6.11. The van der Waals surface area contributed by atoms with Gasteiger partial charge in [0.05, 0.1) is 12.2 Å². The molecule has 1 fully saturated rings. The molecule has 2 aliphatic heterocycles. The molecule has 0 aliphatic carbocycles. The van der Waals surface area contributed by atoms with Crippen molar-refractivity contribution in [1.29, 1.82) is 0 Å². The molecule has 2 atom stereocenters. The first-order valence-corrected chi connectivity index (χ1v) is 6.34. The van der Waals surface area contributed by atoms with E-state index in [2.05, 4.69) is 49.5 Å². The van der Waals surface area contributed by atoms with Crippen LogP contribution >= 0.6 is 0 Å². The molecule has 17 heavy (non-hydrogen) atoms. The monoisotopic (exact) mass is 229 g/mol. The molecule has 0 bridgehead atoms. The summed E-state index contributed by atoms with van der Waals surface area (Å²) >= 11 is 0. The van der Waals surface area contributed by atoms with E-state index in [1.807, 2.05) is 0 Å². The third-order valence-electron chi connectivity index (χ3n) is 4.08. The quantitative estimate of drug-likeness (QED) is 0.799. The number of hydrogen-bond acceptors (Lipinski definition) is 2. The summed E-state index contributed by atoms with van der Waals surface area (Å²) in [6.07, 6.45) is 4.27. The molecule has 1 saturated heterocycles. The van der Waals surface area contributed by atoms with E-state index in [1.54, 1.807) is 0 Å². The van der Waals surface area contributed by atoms with E-state index in [1.165, 1.54) is 16.7 Å². The van der Waals surface area contributed by atoms with Crippen LogP contribution in [0.1, 0.15) is 36.5 Å². The van der Waals surface area contributed by atoms with E-state index in [-0.39, 0.29) is 5.60 Å². The molecule has 2 nitrogen and oxygen atoms in total. The van der Waals surface area contributed by atoms with Gasteiger partial charge in [-0.1, -0.05) is 30.4 Å². The Morgan fingerprint density at radius 1 is 1.47 bits per heavy atom. The summed E-state index contributed by atoms with van der Waals surface area (Å²) < 4.78 is 6.11. The molecule has 2 aliphatic rings. The lowest BCUT2D eigenvalue weighted by atomic mass is 9.80. The largest absolute Gasteiger partial charge is 0.369 e. The summed E-state index contributed by atoms with van der Waals surface area (Å²) in [5, 5.41) is 3.45. The number of allylic oxidation sites excluding steroid dienone is 1. The minimum atomic E-state index is -0.0123. The second-order valence-electron chi connectivity index (χ2n) is 5.20. The summed E-state index contributed by atoms with van der Waals surface area (Å²) in [5.41, 5.74) is 4.14. The third kappa shape index (κ3) is 1.63. The van der Waals surface area contributed by atoms with Crippen LogP contribution in [0, 0.1) is 0 Å². The number of hydrogen-bond donors (Lipinski definition) is 1. The third-order valence-corrected chi connectivity index (χ3v) is 4.08. The highest BCUT2D eigenvalue weighted by molar-refractivity contribution is 5.57. The van der Waals surface area contributed by atoms with Crippen molar-refractivity contribution in [1.82, 2.24) is 5.32 Å². The Bertz CT molecular complexity index is 466. The average Bonchev–Trinajstić information content (AvgIpc) is 2.72. The molecule has 2 heterocycles. The molecular weight excluding hydrogens is 210 g/mol. The van der Waals surface area contributed by atoms with Crippen molar-refractivity contribution in [3.8, 4) is 0 Å². The van der Waals surface area contributed by atoms with Crippen LogP contribution in [0.4, 0.5) is 0 Å². The van der Waals surface area contributed by atoms with Gasteiger partial charge in [-0.2, -0.15) is 0 Å². The SMILES string of the molecule is CC=Cc1cccc2c1CO[C@@]1(C)CNC[C@@H]21. The molecule has 1 aromatic carbocycles. The van der Waals surface area contributed by atoms with Crippen LogP contribution < -0.4 is 5.32 Å². The van der Waals surface area contributed by atoms with E-state index in [0.29, 0.717) is 5.92 Å². The van der Waals surface area contributed by atoms with Crippen molar-refractivity contribution in [3.05, 3.63) is 41.0 Å². The number of ether oxygens (including phenoxy) is 1. The number of nitrogens with one attached hydrogen (secondary N) is 1. The second-order valence-corrected chi connectivity index (χ2v) is 5.20. The Hall–Kier alpha value is -1.12. The van der Waals surface area contributed by atoms with Gasteiger partial charge in [-0.15, -0.1) is 0 Å². The van der Waals surface area contributed by atoms with Crippen LogP contribution in [-0.4, -0.2) is 18.7 Å². The molecule has 0 unspecified atom stereocenters. The minimum Gasteiger partial charge on any atom is -0.369 e. The van der Waals surface area contributed by atoms with Gasteiger partial charge in [0.1, 0.15) is 0 Å². The molecule has 0 spiro atoms. The first-order valence-electron chi connectivity index (χ1n) is 6.34. The molecule has 1 N–H and O–H groups in total. The van der Waals surface area contributed by atoms with Gasteiger partial charge in [0.2, 0.25) is 0 Å². The molecule has 0 saturated carbocycles. The standard InChI is InChI=1S/C15H19NO/c1-3-5-11-6-4-7-12-13(11)9-17-15(2)10-16-8-14(12)15/h3-7,14,16H,8-10H2,1-2H3/t14-,15-/m0/s1. The summed E-state index contributed by atoms with van der Waals surface area (Å²) in [6, 6.07) is 6.60. The maximum absolute atomic E-state index is 6.11. The Labute approximate surface area is 103 Å². The normalized spacial score (nSPS) is 31.5. The molecule has 3 rings (SSSR count). The van der Waals surface area contributed by atoms with E-state index in [9.17, 15) is 0 Å². The predicted molar refractivity (Wildman–Crippen MR) is 70.0 cm³/mol. The van der Waals surface area contributed by atoms with Crippen LogP contribution in [0.15, 0.2) is 24.3 Å². The number of fused-ring (bicyclic) bond motifs is 3. The molecule has 90 valence electrons. The lowest BCUT2D eigenvalue weighted by molar-refractivity contribution is -0.0518. The van der Waals surface area contributed by atoms with Gasteiger partial charge in [-0.3, -0.25) is 0 Å². The molecule has 2 heteroatoms. The second kappa shape index (κ2) is 3.97. The zero-order valence-electron chi connectivity index (χ0n) is 10.5. The number of benzene rings is 1. The highest BCUT2D eigenvalue weighted by Crippen LogP contribution is 2.42.